The van der Waals surface area contributed by atoms with Crippen molar-refractivity contribution in [1.29, 1.82) is 0 Å². The fourth-order valence-corrected chi connectivity index (χ4v) is 7.50. The molecule has 0 bridgehead atoms. The Morgan fingerprint density at radius 3 is 1.07 bits per heavy atom. The first kappa shape index (κ1) is 23.4. The van der Waals surface area contributed by atoms with Gasteiger partial charge in [-0.25, -0.2) is 0 Å². The third kappa shape index (κ3) is 3.87. The molecule has 0 spiro atoms. The first-order valence-electron chi connectivity index (χ1n) is 13.1. The minimum Gasteiger partial charge on any atom is -0.307 e. The molecule has 40 heavy (non-hydrogen) atoms. The number of rotatable bonds is 3. The molecule has 0 fully saturated rings. The van der Waals surface area contributed by atoms with E-state index in [1.54, 1.807) is 0 Å². The van der Waals surface area contributed by atoms with Crippen molar-refractivity contribution in [3.8, 4) is 11.1 Å². The highest BCUT2D eigenvalue weighted by Gasteiger charge is 2.26. The molecule has 0 saturated heterocycles. The highest BCUT2D eigenvalue weighted by atomic mass is 32.2. The maximum Gasteiger partial charge on any atom is 0.0652 e. The first-order chi connectivity index (χ1) is 19.8. The zero-order valence-electron chi connectivity index (χ0n) is 21.3. The lowest BCUT2D eigenvalue weighted by molar-refractivity contribution is 1.14. The highest BCUT2D eigenvalue weighted by Crippen LogP contribution is 2.53. The van der Waals surface area contributed by atoms with Crippen LogP contribution in [0.2, 0.25) is 0 Å². The van der Waals surface area contributed by atoms with E-state index < -0.39 is 0 Å². The van der Waals surface area contributed by atoms with Crippen LogP contribution >= 0.6 is 23.5 Å². The molecule has 0 N–H and O–H groups in total. The molecule has 0 atom stereocenters. The minimum absolute atomic E-state index is 1.02. The van der Waals surface area contributed by atoms with Crippen molar-refractivity contribution in [2.45, 2.75) is 19.6 Å². The van der Waals surface area contributed by atoms with Gasteiger partial charge in [0.2, 0.25) is 0 Å². The maximum absolute atomic E-state index is 4.70. The number of aromatic nitrogens is 2. The van der Waals surface area contributed by atoms with E-state index in [9.17, 15) is 0 Å². The molecule has 4 heterocycles. The van der Waals surface area contributed by atoms with Crippen molar-refractivity contribution in [2.24, 2.45) is 0 Å². The molecule has 4 nitrogen and oxygen atoms in total. The van der Waals surface area contributed by atoms with Gasteiger partial charge in [-0.3, -0.25) is 9.97 Å². The first-order valence-corrected chi connectivity index (χ1v) is 14.7. The lowest BCUT2D eigenvalue weighted by Crippen LogP contribution is -2.15. The number of nitrogens with zero attached hydrogens (tertiary/aromatic N) is 4. The van der Waals surface area contributed by atoms with Gasteiger partial charge in [-0.05, 0) is 60.7 Å². The number of hydrogen-bond acceptors (Lipinski definition) is 6. The molecule has 190 valence electrons. The maximum atomic E-state index is 4.70. The lowest BCUT2D eigenvalue weighted by atomic mass is 10.1. The second-order valence-corrected chi connectivity index (χ2v) is 11.8. The Bertz CT molecular complexity index is 1670. The van der Waals surface area contributed by atoms with E-state index in [4.69, 9.17) is 9.97 Å². The van der Waals surface area contributed by atoms with Crippen molar-refractivity contribution < 1.29 is 0 Å². The lowest BCUT2D eigenvalue weighted by Gasteiger charge is -2.33. The largest absolute Gasteiger partial charge is 0.307 e. The minimum atomic E-state index is 1.02. The second-order valence-electron chi connectivity index (χ2n) is 9.61. The van der Waals surface area contributed by atoms with Crippen LogP contribution in [0.15, 0.2) is 154 Å². The van der Waals surface area contributed by atoms with Crippen LogP contribution in [0, 0.1) is 0 Å². The molecular formula is C34H22N4S2. The van der Waals surface area contributed by atoms with Gasteiger partial charge in [-0.2, -0.15) is 0 Å². The Hall–Kier alpha value is -4.52. The van der Waals surface area contributed by atoms with Gasteiger partial charge in [0.1, 0.15) is 0 Å². The quantitative estimate of drug-likeness (QED) is 0.218. The van der Waals surface area contributed by atoms with Crippen LogP contribution in [0.5, 0.6) is 0 Å². The SMILES string of the molecule is c1ccc2c(c1)Sc1ccccc1N2c1cncc(-c2cncc(N3c4ccccc4Sc4ccccc43)c2)c1. The zero-order valence-corrected chi connectivity index (χ0v) is 22.9. The van der Waals surface area contributed by atoms with Crippen molar-refractivity contribution in [3.63, 3.8) is 0 Å². The molecule has 0 radical (unpaired) electrons. The second kappa shape index (κ2) is 9.59. The van der Waals surface area contributed by atoms with Crippen LogP contribution in [0.3, 0.4) is 0 Å². The van der Waals surface area contributed by atoms with Crippen molar-refractivity contribution in [1.82, 2.24) is 9.97 Å². The molecule has 0 unspecified atom stereocenters. The van der Waals surface area contributed by atoms with Gasteiger partial charge in [0.25, 0.3) is 0 Å². The Morgan fingerprint density at radius 1 is 0.400 bits per heavy atom. The zero-order chi connectivity index (χ0) is 26.5. The summed E-state index contributed by atoms with van der Waals surface area (Å²) >= 11 is 3.62. The van der Waals surface area contributed by atoms with E-state index in [0.29, 0.717) is 0 Å². The van der Waals surface area contributed by atoms with E-state index in [2.05, 4.69) is 119 Å². The molecule has 0 aliphatic carbocycles. The standard InChI is InChI=1S/C34H22N4S2/c1-5-13-31-27(9-1)37(28-10-2-6-14-32(28)39-31)25-17-23(19-35-21-25)24-18-26(22-36-20-24)38-29-11-3-7-15-33(29)40-34-16-8-4-12-30(34)38/h1-22H. The van der Waals surface area contributed by atoms with Gasteiger partial charge in [-0.1, -0.05) is 72.1 Å². The Morgan fingerprint density at radius 2 is 0.725 bits per heavy atom. The molecule has 4 aromatic carbocycles. The Labute approximate surface area is 241 Å². The molecule has 6 aromatic rings. The smallest absolute Gasteiger partial charge is 0.0652 e. The Balaban J connectivity index is 1.24. The average molecular weight is 551 g/mol. The summed E-state index contributed by atoms with van der Waals surface area (Å²) < 4.78 is 0. The van der Waals surface area contributed by atoms with Gasteiger partial charge >= 0.3 is 0 Å². The fourth-order valence-electron chi connectivity index (χ4n) is 5.38. The van der Waals surface area contributed by atoms with Crippen LogP contribution in [0.1, 0.15) is 0 Å². The van der Waals surface area contributed by atoms with Gasteiger partial charge in [0, 0.05) is 43.1 Å². The summed E-state index contributed by atoms with van der Waals surface area (Å²) in [5, 5.41) is 0. The molecule has 2 aliphatic heterocycles. The molecule has 0 amide bonds. The summed E-state index contributed by atoms with van der Waals surface area (Å²) in [6.07, 6.45) is 7.74. The molecule has 2 aromatic heterocycles. The number of pyridine rings is 2. The van der Waals surface area contributed by atoms with E-state index in [0.717, 1.165) is 45.3 Å². The van der Waals surface area contributed by atoms with Crippen molar-refractivity contribution >= 4 is 57.6 Å². The number of hydrogen-bond donors (Lipinski definition) is 0. The molecular weight excluding hydrogens is 529 g/mol. The predicted octanol–water partition coefficient (Wildman–Crippen LogP) is 10.0. The number of anilines is 6. The van der Waals surface area contributed by atoms with E-state index in [-0.39, 0.29) is 0 Å². The molecule has 2 aliphatic rings. The number of fused-ring (bicyclic) bond motifs is 4. The third-order valence-electron chi connectivity index (χ3n) is 7.16. The van der Waals surface area contributed by atoms with Gasteiger partial charge < -0.3 is 9.80 Å². The van der Waals surface area contributed by atoms with Gasteiger partial charge in [0.05, 0.1) is 46.5 Å². The summed E-state index contributed by atoms with van der Waals surface area (Å²) in [6.45, 7) is 0. The summed E-state index contributed by atoms with van der Waals surface area (Å²) in [5.41, 5.74) is 8.74. The number of benzene rings is 4. The van der Waals surface area contributed by atoms with Crippen LogP contribution in [0.25, 0.3) is 11.1 Å². The molecule has 0 saturated carbocycles. The third-order valence-corrected chi connectivity index (χ3v) is 9.42. The predicted molar refractivity (Wildman–Crippen MR) is 165 cm³/mol. The summed E-state index contributed by atoms with van der Waals surface area (Å²) in [7, 11) is 0. The van der Waals surface area contributed by atoms with Crippen molar-refractivity contribution in [2.75, 3.05) is 9.80 Å². The number of para-hydroxylation sites is 4. The monoisotopic (exact) mass is 550 g/mol. The normalized spacial score (nSPS) is 13.2. The fraction of sp³-hybridized carbons (Fsp3) is 0. The topological polar surface area (TPSA) is 32.3 Å². The van der Waals surface area contributed by atoms with E-state index >= 15 is 0 Å². The van der Waals surface area contributed by atoms with Crippen LogP contribution in [-0.4, -0.2) is 9.97 Å². The Kier molecular flexibility index (Phi) is 5.60. The average Bonchev–Trinajstić information content (AvgIpc) is 3.02. The van der Waals surface area contributed by atoms with E-state index in [1.165, 1.54) is 19.6 Å². The van der Waals surface area contributed by atoms with Crippen LogP contribution < -0.4 is 9.80 Å². The summed E-state index contributed by atoms with van der Waals surface area (Å²) in [6, 6.07) is 38.6. The molecule has 6 heteroatoms. The van der Waals surface area contributed by atoms with Crippen molar-refractivity contribution in [3.05, 3.63) is 134 Å². The summed E-state index contributed by atoms with van der Waals surface area (Å²) in [5.74, 6) is 0. The van der Waals surface area contributed by atoms with Gasteiger partial charge in [-0.15, -0.1) is 0 Å². The summed E-state index contributed by atoms with van der Waals surface area (Å²) in [4.78, 5) is 19.0. The molecule has 8 rings (SSSR count). The van der Waals surface area contributed by atoms with Crippen LogP contribution in [0.4, 0.5) is 34.1 Å². The highest BCUT2D eigenvalue weighted by molar-refractivity contribution is 8.00. The van der Waals surface area contributed by atoms with E-state index in [1.807, 2.05) is 48.3 Å². The van der Waals surface area contributed by atoms with Gasteiger partial charge in [0.15, 0.2) is 0 Å². The van der Waals surface area contributed by atoms with Crippen LogP contribution in [-0.2, 0) is 0 Å².